The molecule has 1 saturated heterocycles. The molecule has 0 atom stereocenters. The monoisotopic (exact) mass is 86.1 g/mol. The Labute approximate surface area is 37.6 Å². The molecular formula is C3H7BO2. The molecule has 0 aromatic rings. The lowest BCUT2D eigenvalue weighted by atomic mass is 9.92. The van der Waals surface area contributed by atoms with E-state index in [0.29, 0.717) is 0 Å². The van der Waals surface area contributed by atoms with Crippen LogP contribution in [0.5, 0.6) is 0 Å². The Morgan fingerprint density at radius 3 is 2.00 bits per heavy atom. The fraction of sp³-hybridized carbons (Fsp3) is 1.00. The van der Waals surface area contributed by atoms with Crippen LogP contribution in [0.25, 0.3) is 0 Å². The third kappa shape index (κ3) is 0.557. The smallest absolute Gasteiger partial charge is 0.387 e. The van der Waals surface area contributed by atoms with Crippen molar-refractivity contribution >= 4 is 7.12 Å². The highest BCUT2D eigenvalue weighted by atomic mass is 16.8. The molecule has 0 N–H and O–H groups in total. The summed E-state index contributed by atoms with van der Waals surface area (Å²) in [5.41, 5.74) is 0. The largest absolute Gasteiger partial charge is 0.457 e. The molecule has 2 nitrogen and oxygen atoms in total. The van der Waals surface area contributed by atoms with Crippen LogP contribution in [0.4, 0.5) is 0 Å². The normalized spacial score (nSPS) is 24.0. The summed E-state index contributed by atoms with van der Waals surface area (Å²) in [5.74, 6) is 0. The van der Waals surface area contributed by atoms with Gasteiger partial charge in [0.1, 0.15) is 6.29 Å². The van der Waals surface area contributed by atoms with Gasteiger partial charge in [-0.3, -0.25) is 0 Å². The van der Waals surface area contributed by atoms with E-state index in [1.807, 2.05) is 13.7 Å². The maximum atomic E-state index is 4.92. The quantitative estimate of drug-likeness (QED) is 0.399. The standard InChI is InChI=1S/C3H7BO2/c1-3-5-4(2)6-3/h3H,1-2H3. The fourth-order valence-corrected chi connectivity index (χ4v) is 0.550. The van der Waals surface area contributed by atoms with Crippen molar-refractivity contribution in [2.24, 2.45) is 0 Å². The second-order valence-corrected chi connectivity index (χ2v) is 1.41. The Kier molecular flexibility index (Phi) is 0.859. The maximum Gasteiger partial charge on any atom is 0.457 e. The van der Waals surface area contributed by atoms with Gasteiger partial charge in [-0.15, -0.1) is 0 Å². The molecule has 0 radical (unpaired) electrons. The first-order valence-corrected chi connectivity index (χ1v) is 2.10. The average molecular weight is 85.9 g/mol. The number of hydrogen-bond acceptors (Lipinski definition) is 2. The summed E-state index contributed by atoms with van der Waals surface area (Å²) in [6.45, 7) is 3.75. The van der Waals surface area contributed by atoms with Crippen molar-refractivity contribution < 1.29 is 9.31 Å². The molecular weight excluding hydrogens is 78.8 g/mol. The molecule has 0 spiro atoms. The minimum absolute atomic E-state index is 0.0417. The van der Waals surface area contributed by atoms with Crippen molar-refractivity contribution in [2.75, 3.05) is 0 Å². The van der Waals surface area contributed by atoms with E-state index >= 15 is 0 Å². The third-order valence-electron chi connectivity index (χ3n) is 0.767. The van der Waals surface area contributed by atoms with Crippen molar-refractivity contribution in [3.63, 3.8) is 0 Å². The molecule has 1 fully saturated rings. The maximum absolute atomic E-state index is 4.92. The molecule has 1 aliphatic heterocycles. The van der Waals surface area contributed by atoms with Gasteiger partial charge in [0.25, 0.3) is 0 Å². The molecule has 0 bridgehead atoms. The summed E-state index contributed by atoms with van der Waals surface area (Å²) in [7, 11) is 0.0417. The Hall–Kier alpha value is -0.0151. The van der Waals surface area contributed by atoms with Crippen LogP contribution < -0.4 is 0 Å². The van der Waals surface area contributed by atoms with Crippen LogP contribution in [0.1, 0.15) is 6.92 Å². The summed E-state index contributed by atoms with van der Waals surface area (Å²) >= 11 is 0. The third-order valence-corrected chi connectivity index (χ3v) is 0.767. The van der Waals surface area contributed by atoms with E-state index in [4.69, 9.17) is 9.31 Å². The molecule has 0 saturated carbocycles. The van der Waals surface area contributed by atoms with Crippen LogP contribution in [0.2, 0.25) is 6.82 Å². The van der Waals surface area contributed by atoms with Gasteiger partial charge in [-0.2, -0.15) is 0 Å². The van der Waals surface area contributed by atoms with Gasteiger partial charge in [0.15, 0.2) is 0 Å². The van der Waals surface area contributed by atoms with E-state index in [2.05, 4.69) is 0 Å². The first kappa shape index (κ1) is 4.15. The molecule has 6 heavy (non-hydrogen) atoms. The van der Waals surface area contributed by atoms with Crippen molar-refractivity contribution in [3.8, 4) is 0 Å². The van der Waals surface area contributed by atoms with Gasteiger partial charge in [0.05, 0.1) is 0 Å². The topological polar surface area (TPSA) is 18.5 Å². The lowest BCUT2D eigenvalue weighted by Crippen LogP contribution is -2.40. The van der Waals surface area contributed by atoms with Crippen LogP contribution in [-0.2, 0) is 9.31 Å². The second kappa shape index (κ2) is 1.24. The van der Waals surface area contributed by atoms with Gasteiger partial charge in [0.2, 0.25) is 0 Å². The minimum atomic E-state index is 0.0417. The molecule has 0 aliphatic carbocycles. The molecule has 34 valence electrons. The molecule has 0 aromatic heterocycles. The van der Waals surface area contributed by atoms with Gasteiger partial charge in [-0.05, 0) is 13.7 Å². The van der Waals surface area contributed by atoms with Crippen LogP contribution in [0, 0.1) is 0 Å². The van der Waals surface area contributed by atoms with E-state index in [9.17, 15) is 0 Å². The Morgan fingerprint density at radius 2 is 2.00 bits per heavy atom. The summed E-state index contributed by atoms with van der Waals surface area (Å²) in [6, 6.07) is 0. The van der Waals surface area contributed by atoms with Gasteiger partial charge in [-0.25, -0.2) is 0 Å². The Bertz CT molecular complexity index is 44.8. The molecule has 1 rings (SSSR count). The highest BCUT2D eigenvalue weighted by Gasteiger charge is 2.26. The Balaban J connectivity index is 2.11. The molecule has 1 aliphatic rings. The van der Waals surface area contributed by atoms with E-state index in [-0.39, 0.29) is 13.4 Å². The molecule has 0 aromatic carbocycles. The van der Waals surface area contributed by atoms with Crippen molar-refractivity contribution in [1.29, 1.82) is 0 Å². The minimum Gasteiger partial charge on any atom is -0.387 e. The van der Waals surface area contributed by atoms with Crippen LogP contribution in [0.3, 0.4) is 0 Å². The number of hydrogen-bond donors (Lipinski definition) is 0. The lowest BCUT2D eigenvalue weighted by molar-refractivity contribution is -0.0961. The van der Waals surface area contributed by atoms with Gasteiger partial charge >= 0.3 is 7.12 Å². The lowest BCUT2D eigenvalue weighted by Gasteiger charge is -2.28. The molecule has 0 unspecified atom stereocenters. The zero-order valence-electron chi connectivity index (χ0n) is 3.97. The SMILES string of the molecule is CB1OC(C)O1. The van der Waals surface area contributed by atoms with Crippen LogP contribution in [0.15, 0.2) is 0 Å². The van der Waals surface area contributed by atoms with Crippen molar-refractivity contribution in [1.82, 2.24) is 0 Å². The molecule has 1 heterocycles. The van der Waals surface area contributed by atoms with Gasteiger partial charge < -0.3 is 9.31 Å². The Morgan fingerprint density at radius 1 is 1.50 bits per heavy atom. The zero-order chi connectivity index (χ0) is 4.57. The van der Waals surface area contributed by atoms with Gasteiger partial charge in [-0.1, -0.05) is 0 Å². The zero-order valence-corrected chi connectivity index (χ0v) is 3.97. The number of rotatable bonds is 0. The summed E-state index contributed by atoms with van der Waals surface area (Å²) in [5, 5.41) is 0. The van der Waals surface area contributed by atoms with E-state index < -0.39 is 0 Å². The van der Waals surface area contributed by atoms with Crippen LogP contribution >= 0.6 is 0 Å². The van der Waals surface area contributed by atoms with Gasteiger partial charge in [0, 0.05) is 0 Å². The first-order valence-electron chi connectivity index (χ1n) is 2.10. The summed E-state index contributed by atoms with van der Waals surface area (Å²) in [4.78, 5) is 0. The fourth-order valence-electron chi connectivity index (χ4n) is 0.550. The van der Waals surface area contributed by atoms with Crippen molar-refractivity contribution in [2.45, 2.75) is 20.0 Å². The van der Waals surface area contributed by atoms with E-state index in [1.54, 1.807) is 0 Å². The summed E-state index contributed by atoms with van der Waals surface area (Å²) in [6.07, 6.45) is 0.0417. The first-order chi connectivity index (χ1) is 2.79. The van der Waals surface area contributed by atoms with E-state index in [0.717, 1.165) is 0 Å². The predicted molar refractivity (Wildman–Crippen MR) is 23.2 cm³/mol. The summed E-state index contributed by atoms with van der Waals surface area (Å²) < 4.78 is 9.83. The van der Waals surface area contributed by atoms with Crippen LogP contribution in [-0.4, -0.2) is 13.4 Å². The highest BCUT2D eigenvalue weighted by molar-refractivity contribution is 6.44. The molecule has 0 amide bonds. The average Bonchev–Trinajstić information content (AvgIpc) is 1.33. The van der Waals surface area contributed by atoms with E-state index in [1.165, 1.54) is 0 Å². The predicted octanol–water partition coefficient (Wildman–Crippen LogP) is 0.497. The molecule has 3 heteroatoms. The van der Waals surface area contributed by atoms with Crippen molar-refractivity contribution in [3.05, 3.63) is 0 Å². The second-order valence-electron chi connectivity index (χ2n) is 1.41. The highest BCUT2D eigenvalue weighted by Crippen LogP contribution is 2.09.